The molecule has 23 heavy (non-hydrogen) atoms. The summed E-state index contributed by atoms with van der Waals surface area (Å²) in [5.41, 5.74) is 3.93. The molecule has 0 bridgehead atoms. The zero-order valence-electron chi connectivity index (χ0n) is 13.3. The lowest BCUT2D eigenvalue weighted by Crippen LogP contribution is -2.46. The molecule has 0 saturated carbocycles. The molecule has 2 aromatic rings. The van der Waals surface area contributed by atoms with Crippen LogP contribution in [0.5, 0.6) is 5.75 Å². The predicted molar refractivity (Wildman–Crippen MR) is 94.9 cm³/mol. The summed E-state index contributed by atoms with van der Waals surface area (Å²) in [6.07, 6.45) is 4.29. The van der Waals surface area contributed by atoms with Crippen molar-refractivity contribution >= 4 is 11.8 Å². The Hall–Kier alpha value is -2.26. The molecule has 0 atom stereocenters. The van der Waals surface area contributed by atoms with Crippen molar-refractivity contribution in [3.8, 4) is 5.75 Å². The summed E-state index contributed by atoms with van der Waals surface area (Å²) in [6, 6.07) is 17.1. The fourth-order valence-electron chi connectivity index (χ4n) is 3.39. The summed E-state index contributed by atoms with van der Waals surface area (Å²) in [5.74, 6) is 1.01. The third-order valence-electron chi connectivity index (χ3n) is 4.62. The first-order valence-electron chi connectivity index (χ1n) is 8.34. The first-order chi connectivity index (χ1) is 11.4. The minimum absolute atomic E-state index is 0.682. The number of nitrogens with zero attached hydrogens (tertiary/aromatic N) is 2. The average Bonchev–Trinajstić information content (AvgIpc) is 2.63. The van der Waals surface area contributed by atoms with Crippen molar-refractivity contribution in [2.45, 2.75) is 6.54 Å². The molecule has 2 aromatic carbocycles. The number of piperazine rings is 1. The largest absolute Gasteiger partial charge is 0.489 e. The highest BCUT2D eigenvalue weighted by atomic mass is 16.5. The molecule has 0 unspecified atom stereocenters. The zero-order valence-corrected chi connectivity index (χ0v) is 13.3. The van der Waals surface area contributed by atoms with E-state index in [9.17, 15) is 0 Å². The molecule has 0 radical (unpaired) electrons. The minimum Gasteiger partial charge on any atom is -0.489 e. The lowest BCUT2D eigenvalue weighted by Gasteiger charge is -2.37. The number of benzene rings is 2. The summed E-state index contributed by atoms with van der Waals surface area (Å²) < 4.78 is 5.73. The van der Waals surface area contributed by atoms with Crippen LogP contribution in [0, 0.1) is 0 Å². The van der Waals surface area contributed by atoms with Crippen LogP contribution in [0.15, 0.2) is 54.6 Å². The van der Waals surface area contributed by atoms with Gasteiger partial charge in [0.25, 0.3) is 0 Å². The summed E-state index contributed by atoms with van der Waals surface area (Å²) in [5, 5.41) is 0. The van der Waals surface area contributed by atoms with Crippen molar-refractivity contribution in [1.82, 2.24) is 4.90 Å². The van der Waals surface area contributed by atoms with Crippen LogP contribution < -0.4 is 9.64 Å². The second-order valence-electron chi connectivity index (χ2n) is 6.15. The van der Waals surface area contributed by atoms with E-state index in [1.54, 1.807) is 0 Å². The van der Waals surface area contributed by atoms with Gasteiger partial charge in [0.05, 0.1) is 0 Å². The number of anilines is 1. The van der Waals surface area contributed by atoms with Crippen molar-refractivity contribution < 1.29 is 4.74 Å². The number of fused-ring (bicyclic) bond motifs is 1. The van der Waals surface area contributed by atoms with Gasteiger partial charge in [0.15, 0.2) is 0 Å². The normalized spacial score (nSPS) is 17.7. The van der Waals surface area contributed by atoms with Gasteiger partial charge >= 0.3 is 0 Å². The fraction of sp³-hybridized carbons (Fsp3) is 0.300. The Morgan fingerprint density at radius 3 is 2.52 bits per heavy atom. The lowest BCUT2D eigenvalue weighted by atomic mass is 10.1. The smallest absolute Gasteiger partial charge is 0.129 e. The van der Waals surface area contributed by atoms with Gasteiger partial charge < -0.3 is 9.64 Å². The third-order valence-corrected chi connectivity index (χ3v) is 4.62. The molecule has 0 aromatic heterocycles. The van der Waals surface area contributed by atoms with Crippen LogP contribution in [-0.2, 0) is 6.54 Å². The van der Waals surface area contributed by atoms with Crippen LogP contribution in [0.25, 0.3) is 6.08 Å². The van der Waals surface area contributed by atoms with Crippen molar-refractivity contribution in [2.75, 3.05) is 37.7 Å². The molecular weight excluding hydrogens is 284 g/mol. The van der Waals surface area contributed by atoms with Crippen molar-refractivity contribution in [1.29, 1.82) is 0 Å². The molecule has 118 valence electrons. The number of rotatable bonds is 3. The second kappa shape index (κ2) is 6.47. The fourth-order valence-corrected chi connectivity index (χ4v) is 3.39. The first kappa shape index (κ1) is 14.3. The van der Waals surface area contributed by atoms with E-state index in [2.05, 4.69) is 70.5 Å². The Morgan fingerprint density at radius 2 is 1.70 bits per heavy atom. The van der Waals surface area contributed by atoms with Crippen molar-refractivity contribution in [3.63, 3.8) is 0 Å². The van der Waals surface area contributed by atoms with Gasteiger partial charge in [-0.1, -0.05) is 36.4 Å². The van der Waals surface area contributed by atoms with E-state index in [0.717, 1.165) is 38.5 Å². The third kappa shape index (κ3) is 3.10. The van der Waals surface area contributed by atoms with Crippen LogP contribution in [0.1, 0.15) is 11.1 Å². The van der Waals surface area contributed by atoms with Crippen molar-refractivity contribution in [3.05, 3.63) is 65.7 Å². The Morgan fingerprint density at radius 1 is 0.870 bits per heavy atom. The highest BCUT2D eigenvalue weighted by Crippen LogP contribution is 2.33. The van der Waals surface area contributed by atoms with Crippen LogP contribution >= 0.6 is 0 Å². The van der Waals surface area contributed by atoms with Gasteiger partial charge in [0.1, 0.15) is 12.4 Å². The first-order valence-corrected chi connectivity index (χ1v) is 8.34. The molecule has 3 heteroatoms. The number of hydrogen-bond donors (Lipinski definition) is 0. The Bertz CT molecular complexity index is 688. The maximum absolute atomic E-state index is 5.73. The molecule has 0 spiro atoms. The SMILES string of the molecule is C1=Cc2c(cccc2N2CCN(Cc3ccccc3)CC2)OC1. The van der Waals surface area contributed by atoms with Gasteiger partial charge in [-0.05, 0) is 29.8 Å². The standard InChI is InChI=1S/C20H22N2O/c1-2-6-17(7-3-1)16-21-11-13-22(14-12-21)19-9-4-10-20-18(19)8-5-15-23-20/h1-10H,11-16H2. The van der Waals surface area contributed by atoms with Crippen LogP contribution in [0.2, 0.25) is 0 Å². The average molecular weight is 306 g/mol. The molecule has 0 aliphatic carbocycles. The molecule has 2 aliphatic rings. The molecule has 0 N–H and O–H groups in total. The van der Waals surface area contributed by atoms with Gasteiger partial charge in [-0.2, -0.15) is 0 Å². The summed E-state index contributed by atoms with van der Waals surface area (Å²) >= 11 is 0. The van der Waals surface area contributed by atoms with Gasteiger partial charge in [0, 0.05) is 44.0 Å². The second-order valence-corrected chi connectivity index (χ2v) is 6.15. The molecule has 2 heterocycles. The topological polar surface area (TPSA) is 15.7 Å². The summed E-state index contributed by atoms with van der Waals surface area (Å²) in [6.45, 7) is 6.06. The molecule has 1 saturated heterocycles. The monoisotopic (exact) mass is 306 g/mol. The Balaban J connectivity index is 1.43. The van der Waals surface area contributed by atoms with Gasteiger partial charge in [-0.3, -0.25) is 4.90 Å². The summed E-state index contributed by atoms with van der Waals surface area (Å²) in [4.78, 5) is 5.02. The predicted octanol–water partition coefficient (Wildman–Crippen LogP) is 3.41. The van der Waals surface area contributed by atoms with Crippen molar-refractivity contribution in [2.24, 2.45) is 0 Å². The number of ether oxygens (including phenoxy) is 1. The molecule has 4 rings (SSSR count). The van der Waals surface area contributed by atoms with E-state index in [0.29, 0.717) is 6.61 Å². The zero-order chi connectivity index (χ0) is 15.5. The van der Waals surface area contributed by atoms with E-state index < -0.39 is 0 Å². The molecule has 2 aliphatic heterocycles. The lowest BCUT2D eigenvalue weighted by molar-refractivity contribution is 0.249. The van der Waals surface area contributed by atoms with Gasteiger partial charge in [0.2, 0.25) is 0 Å². The highest BCUT2D eigenvalue weighted by molar-refractivity contribution is 5.74. The maximum Gasteiger partial charge on any atom is 0.129 e. The van der Waals surface area contributed by atoms with E-state index in [1.807, 2.05) is 0 Å². The van der Waals surface area contributed by atoms with Gasteiger partial charge in [-0.15, -0.1) is 0 Å². The molecular formula is C20H22N2O. The minimum atomic E-state index is 0.682. The molecule has 3 nitrogen and oxygen atoms in total. The van der Waals surface area contributed by atoms with E-state index in [-0.39, 0.29) is 0 Å². The molecule has 0 amide bonds. The van der Waals surface area contributed by atoms with Crippen LogP contribution in [0.4, 0.5) is 5.69 Å². The maximum atomic E-state index is 5.73. The van der Waals surface area contributed by atoms with E-state index in [1.165, 1.54) is 16.8 Å². The van der Waals surface area contributed by atoms with E-state index >= 15 is 0 Å². The highest BCUT2D eigenvalue weighted by Gasteiger charge is 2.20. The Kier molecular flexibility index (Phi) is 4.03. The van der Waals surface area contributed by atoms with Crippen LogP contribution in [0.3, 0.4) is 0 Å². The summed E-state index contributed by atoms with van der Waals surface area (Å²) in [7, 11) is 0. The van der Waals surface area contributed by atoms with Crippen LogP contribution in [-0.4, -0.2) is 37.7 Å². The molecule has 1 fully saturated rings. The number of hydrogen-bond acceptors (Lipinski definition) is 3. The quantitative estimate of drug-likeness (QED) is 0.864. The van der Waals surface area contributed by atoms with Gasteiger partial charge in [-0.25, -0.2) is 0 Å². The Labute approximate surface area is 137 Å². The van der Waals surface area contributed by atoms with E-state index in [4.69, 9.17) is 4.74 Å².